The van der Waals surface area contributed by atoms with Crippen LogP contribution >= 0.6 is 11.3 Å². The van der Waals surface area contributed by atoms with Gasteiger partial charge in [0.25, 0.3) is 0 Å². The van der Waals surface area contributed by atoms with Gasteiger partial charge in [-0.1, -0.05) is 63.0 Å². The summed E-state index contributed by atoms with van der Waals surface area (Å²) in [6.45, 7) is 4.87. The SMILES string of the molecule is CCCCCCCOc1ccccc1/C=N\Nc1nc(CC)c(C(=O)OC)s1. The number of nitrogens with one attached hydrogen (secondary N) is 1. The summed E-state index contributed by atoms with van der Waals surface area (Å²) in [6.07, 6.45) is 8.39. The van der Waals surface area contributed by atoms with Gasteiger partial charge < -0.3 is 9.47 Å². The number of hydrogen-bond donors (Lipinski definition) is 1. The molecule has 6 nitrogen and oxygen atoms in total. The molecule has 1 N–H and O–H groups in total. The zero-order chi connectivity index (χ0) is 20.2. The van der Waals surface area contributed by atoms with Gasteiger partial charge in [0, 0.05) is 5.56 Å². The molecular formula is C21H29N3O3S. The van der Waals surface area contributed by atoms with Crippen LogP contribution in [0, 0.1) is 0 Å². The van der Waals surface area contributed by atoms with Crippen LogP contribution in [0.25, 0.3) is 0 Å². The number of carbonyl (C=O) groups is 1. The molecular weight excluding hydrogens is 374 g/mol. The van der Waals surface area contributed by atoms with Crippen LogP contribution in [0.4, 0.5) is 5.13 Å². The third-order valence-corrected chi connectivity index (χ3v) is 5.17. The Kier molecular flexibility index (Phi) is 9.48. The zero-order valence-corrected chi connectivity index (χ0v) is 17.7. The van der Waals surface area contributed by atoms with E-state index < -0.39 is 0 Å². The third kappa shape index (κ3) is 6.64. The van der Waals surface area contributed by atoms with Gasteiger partial charge in [0.05, 0.1) is 25.6 Å². The van der Waals surface area contributed by atoms with Crippen molar-refractivity contribution in [2.24, 2.45) is 5.10 Å². The molecule has 1 heterocycles. The van der Waals surface area contributed by atoms with E-state index in [2.05, 4.69) is 22.4 Å². The van der Waals surface area contributed by atoms with E-state index in [4.69, 9.17) is 9.47 Å². The number of rotatable bonds is 12. The molecule has 7 heteroatoms. The van der Waals surface area contributed by atoms with Crippen LogP contribution in [0.3, 0.4) is 0 Å². The van der Waals surface area contributed by atoms with E-state index in [9.17, 15) is 4.79 Å². The Labute approximate surface area is 171 Å². The van der Waals surface area contributed by atoms with Crippen molar-refractivity contribution in [1.29, 1.82) is 0 Å². The minimum absolute atomic E-state index is 0.371. The number of nitrogens with zero attached hydrogens (tertiary/aromatic N) is 2. The molecule has 0 bridgehead atoms. The second-order valence-electron chi connectivity index (χ2n) is 6.31. The summed E-state index contributed by atoms with van der Waals surface area (Å²) < 4.78 is 10.7. The molecule has 0 saturated carbocycles. The van der Waals surface area contributed by atoms with E-state index in [1.165, 1.54) is 44.1 Å². The minimum atomic E-state index is -0.371. The highest BCUT2D eigenvalue weighted by Crippen LogP contribution is 2.24. The van der Waals surface area contributed by atoms with E-state index >= 15 is 0 Å². The van der Waals surface area contributed by atoms with E-state index in [0.29, 0.717) is 28.7 Å². The first kappa shape index (κ1) is 21.9. The smallest absolute Gasteiger partial charge is 0.350 e. The number of benzene rings is 1. The molecule has 0 radical (unpaired) electrons. The third-order valence-electron chi connectivity index (χ3n) is 4.19. The van der Waals surface area contributed by atoms with Gasteiger partial charge in [-0.2, -0.15) is 5.10 Å². The molecule has 0 aliphatic rings. The number of ether oxygens (including phenoxy) is 2. The molecule has 1 aromatic carbocycles. The number of aryl methyl sites for hydroxylation is 1. The predicted octanol–water partition coefficient (Wildman–Crippen LogP) is 5.29. The van der Waals surface area contributed by atoms with Crippen molar-refractivity contribution in [1.82, 2.24) is 4.98 Å². The number of aromatic nitrogens is 1. The number of thiazole rings is 1. The number of anilines is 1. The lowest BCUT2D eigenvalue weighted by atomic mass is 10.2. The normalized spacial score (nSPS) is 11.0. The summed E-state index contributed by atoms with van der Waals surface area (Å²) in [5.74, 6) is 0.441. The molecule has 28 heavy (non-hydrogen) atoms. The lowest BCUT2D eigenvalue weighted by molar-refractivity contribution is 0.0605. The Bertz CT molecular complexity index is 774. The van der Waals surface area contributed by atoms with Gasteiger partial charge in [0.2, 0.25) is 5.13 Å². The molecule has 0 aliphatic carbocycles. The van der Waals surface area contributed by atoms with Crippen LogP contribution in [0.2, 0.25) is 0 Å². The highest BCUT2D eigenvalue weighted by Gasteiger charge is 2.17. The van der Waals surface area contributed by atoms with Crippen molar-refractivity contribution in [3.63, 3.8) is 0 Å². The van der Waals surface area contributed by atoms with Crippen LogP contribution in [0.15, 0.2) is 29.4 Å². The fraction of sp³-hybridized carbons (Fsp3) is 0.476. The van der Waals surface area contributed by atoms with Crippen LogP contribution in [-0.2, 0) is 11.2 Å². The number of para-hydroxylation sites is 1. The van der Waals surface area contributed by atoms with E-state index in [-0.39, 0.29) is 5.97 Å². The van der Waals surface area contributed by atoms with Crippen LogP contribution in [-0.4, -0.2) is 30.9 Å². The molecule has 0 fully saturated rings. The summed E-state index contributed by atoms with van der Waals surface area (Å²) in [5.41, 5.74) is 4.50. The van der Waals surface area contributed by atoms with Gasteiger partial charge in [-0.3, -0.25) is 5.43 Å². The molecule has 0 unspecified atom stereocenters. The first-order chi connectivity index (χ1) is 13.7. The maximum Gasteiger partial charge on any atom is 0.350 e. The highest BCUT2D eigenvalue weighted by molar-refractivity contribution is 7.17. The molecule has 1 aromatic heterocycles. The molecule has 0 spiro atoms. The average Bonchev–Trinajstić information content (AvgIpc) is 3.14. The van der Waals surface area contributed by atoms with Crippen LogP contribution in [0.5, 0.6) is 5.75 Å². The lowest BCUT2D eigenvalue weighted by Gasteiger charge is -2.08. The van der Waals surface area contributed by atoms with Crippen molar-refractivity contribution in [2.45, 2.75) is 52.4 Å². The summed E-state index contributed by atoms with van der Waals surface area (Å²) in [4.78, 5) is 16.7. The summed E-state index contributed by atoms with van der Waals surface area (Å²) in [5, 5.41) is 4.81. The maximum absolute atomic E-state index is 11.8. The summed E-state index contributed by atoms with van der Waals surface area (Å²) in [7, 11) is 1.37. The fourth-order valence-electron chi connectivity index (χ4n) is 2.65. The fourth-order valence-corrected chi connectivity index (χ4v) is 3.58. The molecule has 2 rings (SSSR count). The van der Waals surface area contributed by atoms with Crippen molar-refractivity contribution >= 4 is 28.7 Å². The lowest BCUT2D eigenvalue weighted by Crippen LogP contribution is -2.01. The second kappa shape index (κ2) is 12.1. The van der Waals surface area contributed by atoms with Gasteiger partial charge in [0.1, 0.15) is 10.6 Å². The summed E-state index contributed by atoms with van der Waals surface area (Å²) >= 11 is 1.24. The number of hydrogen-bond acceptors (Lipinski definition) is 7. The molecule has 0 aliphatic heterocycles. The summed E-state index contributed by atoms with van der Waals surface area (Å²) in [6, 6.07) is 7.80. The second-order valence-corrected chi connectivity index (χ2v) is 7.31. The number of methoxy groups -OCH3 is 1. The van der Waals surface area contributed by atoms with Crippen molar-refractivity contribution in [3.05, 3.63) is 40.4 Å². The van der Waals surface area contributed by atoms with E-state index in [0.717, 1.165) is 17.7 Å². The van der Waals surface area contributed by atoms with Crippen molar-refractivity contribution in [3.8, 4) is 5.75 Å². The Balaban J connectivity index is 1.94. The van der Waals surface area contributed by atoms with E-state index in [1.54, 1.807) is 6.21 Å². The standard InChI is InChI=1S/C21H29N3O3S/c1-4-6-7-8-11-14-27-18-13-10-9-12-16(18)15-22-24-21-23-17(5-2)19(28-21)20(25)26-3/h9-10,12-13,15H,4-8,11,14H2,1-3H3,(H,23,24)/b22-15-. The zero-order valence-electron chi connectivity index (χ0n) is 16.9. The number of hydrazone groups is 1. The number of unbranched alkanes of at least 4 members (excludes halogenated alkanes) is 4. The number of carbonyl (C=O) groups excluding carboxylic acids is 1. The Hall–Kier alpha value is -2.41. The van der Waals surface area contributed by atoms with Crippen molar-refractivity contribution < 1.29 is 14.3 Å². The monoisotopic (exact) mass is 403 g/mol. The first-order valence-corrected chi connectivity index (χ1v) is 10.6. The first-order valence-electron chi connectivity index (χ1n) is 9.78. The minimum Gasteiger partial charge on any atom is -0.493 e. The van der Waals surface area contributed by atoms with Gasteiger partial charge in [-0.25, -0.2) is 9.78 Å². The van der Waals surface area contributed by atoms with Gasteiger partial charge in [0.15, 0.2) is 0 Å². The maximum atomic E-state index is 11.8. The Morgan fingerprint density at radius 1 is 1.21 bits per heavy atom. The predicted molar refractivity (Wildman–Crippen MR) is 115 cm³/mol. The Morgan fingerprint density at radius 2 is 2.00 bits per heavy atom. The van der Waals surface area contributed by atoms with Gasteiger partial charge >= 0.3 is 5.97 Å². The van der Waals surface area contributed by atoms with Gasteiger partial charge in [-0.05, 0) is 25.0 Å². The molecule has 0 saturated heterocycles. The van der Waals surface area contributed by atoms with Crippen LogP contribution in [0.1, 0.15) is 66.9 Å². The largest absolute Gasteiger partial charge is 0.493 e. The molecule has 0 amide bonds. The van der Waals surface area contributed by atoms with E-state index in [1.807, 2.05) is 31.2 Å². The van der Waals surface area contributed by atoms with Crippen LogP contribution < -0.4 is 10.2 Å². The molecule has 0 atom stereocenters. The quantitative estimate of drug-likeness (QED) is 0.226. The Morgan fingerprint density at radius 3 is 2.75 bits per heavy atom. The highest BCUT2D eigenvalue weighted by atomic mass is 32.1. The topological polar surface area (TPSA) is 72.8 Å². The molecule has 152 valence electrons. The number of esters is 1. The van der Waals surface area contributed by atoms with Gasteiger partial charge in [-0.15, -0.1) is 0 Å². The van der Waals surface area contributed by atoms with Crippen molar-refractivity contribution in [2.75, 3.05) is 19.1 Å². The molecule has 2 aromatic rings. The average molecular weight is 404 g/mol.